The van der Waals surface area contributed by atoms with Gasteiger partial charge in [0.1, 0.15) is 63.8 Å². The highest BCUT2D eigenvalue weighted by atomic mass is 16.6. The minimum atomic E-state index is -1.24. The van der Waals surface area contributed by atoms with Crippen molar-refractivity contribution in [3.8, 4) is 0 Å². The normalized spacial score (nSPS) is 11.8. The second-order valence-corrected chi connectivity index (χ2v) is 33.4. The Labute approximate surface area is 781 Å². The lowest BCUT2D eigenvalue weighted by molar-refractivity contribution is -0.145. The summed E-state index contributed by atoms with van der Waals surface area (Å²) in [6.07, 6.45) is -3.46. The summed E-state index contributed by atoms with van der Waals surface area (Å²) in [5.74, 6) is -6.13. The fourth-order valence-corrected chi connectivity index (χ4v) is 14.6. The third-order valence-electron chi connectivity index (χ3n) is 21.2. The van der Waals surface area contributed by atoms with Crippen LogP contribution in [0.4, 0.5) is 28.8 Å². The molecule has 0 aliphatic heterocycles. The molecule has 0 aliphatic rings. The monoisotopic (exact) mass is 1840 g/mol. The van der Waals surface area contributed by atoms with Gasteiger partial charge in [-0.15, -0.1) is 0 Å². The summed E-state index contributed by atoms with van der Waals surface area (Å²) < 4.78 is 32.3. The standard InChI is InChI=1S/C99H138N14O20/c1-72(2)86(90(118)100-55-31-58-107-97(125)131-69-79-42-21-12-22-43-79)110(82(114)48-27-52-104-94(122)128-66-76-36-15-9-16-37-76)62-30-51-85(117)113(65-35-64-112(84(116)50-29-54-106-96(124)130-68-78-40-19-11-20-41-78)88(74(5)6)92(120)102-57-33-60-109-99(127)133-71-81-46-25-14-26-47-81)89(75(7)8)93(121)103-61-34-63-111(83(115)49-28-53-105-95(123)129-67-77-38-17-10-18-39-77)87(73(3)4)91(119)101-56-32-59-108-98(126)132-70-80-44-23-13-24-45-80/h9-26,36-47,72-75,86-89H,27-35,48-71H2,1-8H3,(H,100,118)(H,101,119)(H,102,120)(H,103,121)(H,104,122)(H,105,123)(H,106,124)(H,107,125)(H,108,126)(H,109,127). The molecule has 0 aliphatic carbocycles. The number of ether oxygens (including phenoxy) is 6. The summed E-state index contributed by atoms with van der Waals surface area (Å²) in [6.45, 7) is 14.6. The van der Waals surface area contributed by atoms with Gasteiger partial charge in [-0.25, -0.2) is 28.8 Å². The van der Waals surface area contributed by atoms with Crippen LogP contribution in [0.5, 0.6) is 0 Å². The van der Waals surface area contributed by atoms with Gasteiger partial charge in [0, 0.05) is 117 Å². The molecule has 4 atom stereocenters. The van der Waals surface area contributed by atoms with E-state index in [-0.39, 0.29) is 208 Å². The Kier molecular flexibility index (Phi) is 51.3. The zero-order valence-electron chi connectivity index (χ0n) is 78.2. The van der Waals surface area contributed by atoms with Gasteiger partial charge in [-0.2, -0.15) is 0 Å². The number of benzene rings is 6. The van der Waals surface area contributed by atoms with Crippen LogP contribution in [-0.2, 0) is 106 Å². The van der Waals surface area contributed by atoms with Gasteiger partial charge in [-0.3, -0.25) is 38.4 Å². The largest absolute Gasteiger partial charge is 0.445 e. The molecule has 724 valence electrons. The molecule has 4 unspecified atom stereocenters. The molecule has 0 aromatic heterocycles. The van der Waals surface area contributed by atoms with Crippen LogP contribution >= 0.6 is 0 Å². The van der Waals surface area contributed by atoms with Gasteiger partial charge in [0.05, 0.1) is 0 Å². The summed E-state index contributed by atoms with van der Waals surface area (Å²) >= 11 is 0. The Morgan fingerprint density at radius 3 is 0.579 bits per heavy atom. The Morgan fingerprint density at radius 1 is 0.211 bits per heavy atom. The molecule has 133 heavy (non-hydrogen) atoms. The lowest BCUT2D eigenvalue weighted by Crippen LogP contribution is -2.55. The van der Waals surface area contributed by atoms with Crippen LogP contribution in [-0.4, -0.2) is 219 Å². The van der Waals surface area contributed by atoms with E-state index < -0.39 is 132 Å². The number of carbonyl (C=O) groups is 14. The van der Waals surface area contributed by atoms with Crippen molar-refractivity contribution in [3.63, 3.8) is 0 Å². The molecule has 34 nitrogen and oxygen atoms in total. The summed E-state index contributed by atoms with van der Waals surface area (Å²) in [7, 11) is 0. The number of carbonyl (C=O) groups excluding carboxylic acids is 14. The zero-order chi connectivity index (χ0) is 96.3. The molecule has 0 heterocycles. The van der Waals surface area contributed by atoms with Crippen LogP contribution in [0.3, 0.4) is 0 Å². The van der Waals surface area contributed by atoms with E-state index in [9.17, 15) is 57.5 Å². The smallest absolute Gasteiger partial charge is 0.407 e. The molecule has 6 aromatic rings. The first kappa shape index (κ1) is 108. The van der Waals surface area contributed by atoms with E-state index in [1.165, 1.54) is 19.6 Å². The van der Waals surface area contributed by atoms with Gasteiger partial charge in [0.15, 0.2) is 0 Å². The molecule has 0 saturated heterocycles. The maximum Gasteiger partial charge on any atom is 0.407 e. The highest BCUT2D eigenvalue weighted by Crippen LogP contribution is 2.23. The van der Waals surface area contributed by atoms with Gasteiger partial charge in [-0.1, -0.05) is 237 Å². The van der Waals surface area contributed by atoms with Crippen molar-refractivity contribution in [1.82, 2.24) is 72.8 Å². The number of hydrogen-bond acceptors (Lipinski definition) is 20. The zero-order valence-corrected chi connectivity index (χ0v) is 78.2. The van der Waals surface area contributed by atoms with Crippen molar-refractivity contribution in [2.24, 2.45) is 23.7 Å². The summed E-state index contributed by atoms with van der Waals surface area (Å²) in [5, 5.41) is 28.0. The molecule has 10 N–H and O–H groups in total. The highest BCUT2D eigenvalue weighted by molar-refractivity contribution is 5.91. The van der Waals surface area contributed by atoms with Crippen molar-refractivity contribution in [2.75, 3.05) is 91.6 Å². The van der Waals surface area contributed by atoms with E-state index in [1.54, 1.807) is 79.7 Å². The maximum absolute atomic E-state index is 15.7. The number of nitrogens with zero attached hydrogens (tertiary/aromatic N) is 4. The Balaban J connectivity index is 1.26. The predicted molar refractivity (Wildman–Crippen MR) is 501 cm³/mol. The van der Waals surface area contributed by atoms with Crippen LogP contribution < -0.4 is 53.2 Å². The highest BCUT2D eigenvalue weighted by Gasteiger charge is 2.38. The SMILES string of the molecule is CC(C)C(C(=O)NCCCNC(=O)OCc1ccccc1)N(CCCNC(=O)C(C(C)C)N(CCCN(C(=O)CCCNC(=O)OCc1ccccc1)C(C(=O)NCCCNC(=O)OCc1ccccc1)C(C)C)C(=O)CCCN(C(=O)CCCNC(=O)OCc1ccccc1)C(C(=O)NCCCNC(=O)OCc1ccccc1)C(C)C)C(=O)CCCNC(=O)OCc1ccccc1. The number of hydrogen-bond donors (Lipinski definition) is 10. The van der Waals surface area contributed by atoms with Gasteiger partial charge >= 0.3 is 36.6 Å². The van der Waals surface area contributed by atoms with Gasteiger partial charge in [0.25, 0.3) is 0 Å². The molecular weight excluding hydrogens is 1710 g/mol. The van der Waals surface area contributed by atoms with Crippen molar-refractivity contribution >= 4 is 83.8 Å². The van der Waals surface area contributed by atoms with Crippen LogP contribution in [0, 0.1) is 23.7 Å². The van der Waals surface area contributed by atoms with Crippen molar-refractivity contribution in [1.29, 1.82) is 0 Å². The van der Waals surface area contributed by atoms with Gasteiger partial charge in [0.2, 0.25) is 47.3 Å². The lowest BCUT2D eigenvalue weighted by Gasteiger charge is -2.37. The van der Waals surface area contributed by atoms with Crippen LogP contribution in [0.2, 0.25) is 0 Å². The fourth-order valence-electron chi connectivity index (χ4n) is 14.6. The molecule has 6 rings (SSSR count). The molecule has 0 saturated carbocycles. The molecule has 0 spiro atoms. The van der Waals surface area contributed by atoms with E-state index >= 15 is 9.59 Å². The fraction of sp³-hybridized carbons (Fsp3) is 0.495. The summed E-state index contributed by atoms with van der Waals surface area (Å²) in [6, 6.07) is 50.2. The average molecular weight is 1840 g/mol. The topological polar surface area (TPSA) is 428 Å². The van der Waals surface area contributed by atoms with E-state index in [0.29, 0.717) is 6.42 Å². The minimum absolute atomic E-state index is 0.00336. The molecule has 34 heteroatoms. The van der Waals surface area contributed by atoms with Crippen LogP contribution in [0.15, 0.2) is 182 Å². The second-order valence-electron chi connectivity index (χ2n) is 33.4. The quantitative estimate of drug-likeness (QED) is 0.0125. The van der Waals surface area contributed by atoms with E-state index in [2.05, 4.69) is 53.2 Å². The van der Waals surface area contributed by atoms with Gasteiger partial charge in [-0.05, 0) is 115 Å². The minimum Gasteiger partial charge on any atom is -0.445 e. The van der Waals surface area contributed by atoms with E-state index in [0.717, 1.165) is 33.4 Å². The predicted octanol–water partition coefficient (Wildman–Crippen LogP) is 11.5. The first-order valence-electron chi connectivity index (χ1n) is 46.1. The first-order valence-corrected chi connectivity index (χ1v) is 46.1. The number of alkyl carbamates (subject to hydrolysis) is 6. The number of rotatable bonds is 60. The maximum atomic E-state index is 15.7. The number of amides is 14. The molecular formula is C99H138N14O20. The first-order chi connectivity index (χ1) is 64.2. The van der Waals surface area contributed by atoms with E-state index in [4.69, 9.17) is 28.4 Å². The van der Waals surface area contributed by atoms with Crippen molar-refractivity contribution < 1.29 is 95.5 Å². The summed E-state index contributed by atoms with van der Waals surface area (Å²) in [4.78, 5) is 201. The van der Waals surface area contributed by atoms with Gasteiger partial charge < -0.3 is 101 Å². The molecule has 14 amide bonds. The molecule has 0 radical (unpaired) electrons. The Morgan fingerprint density at radius 2 is 0.376 bits per heavy atom. The Bertz CT molecular complexity index is 4490. The third-order valence-corrected chi connectivity index (χ3v) is 21.2. The van der Waals surface area contributed by atoms with Crippen LogP contribution in [0.1, 0.15) is 172 Å². The Hall–Kier alpha value is -13.3. The van der Waals surface area contributed by atoms with E-state index in [1.807, 2.05) is 158 Å². The van der Waals surface area contributed by atoms with Crippen LogP contribution in [0.25, 0.3) is 0 Å². The second kappa shape index (κ2) is 62.9. The van der Waals surface area contributed by atoms with Crippen molar-refractivity contribution in [3.05, 3.63) is 215 Å². The van der Waals surface area contributed by atoms with Crippen molar-refractivity contribution in [2.45, 2.75) is 203 Å². The molecule has 6 aromatic carbocycles. The average Bonchev–Trinajstić information content (AvgIpc) is 0.836. The molecule has 0 fully saturated rings. The number of nitrogens with one attached hydrogen (secondary N) is 10. The molecule has 0 bridgehead atoms. The summed E-state index contributed by atoms with van der Waals surface area (Å²) in [5.41, 5.74) is 4.70. The third kappa shape index (κ3) is 43.5. The lowest BCUT2D eigenvalue weighted by atomic mass is 9.98.